The lowest BCUT2D eigenvalue weighted by molar-refractivity contribution is -0.131. The van der Waals surface area contributed by atoms with Crippen molar-refractivity contribution in [2.24, 2.45) is 0 Å². The number of aromatic nitrogens is 2. The van der Waals surface area contributed by atoms with Crippen LogP contribution in [0.15, 0.2) is 47.9 Å². The fourth-order valence-electron chi connectivity index (χ4n) is 1.67. The first-order chi connectivity index (χ1) is 10.2. The molecule has 2 rings (SSSR count). The van der Waals surface area contributed by atoms with E-state index in [1.54, 1.807) is 37.2 Å². The maximum absolute atomic E-state index is 10.7. The van der Waals surface area contributed by atoms with E-state index in [1.165, 1.54) is 6.33 Å². The lowest BCUT2D eigenvalue weighted by atomic mass is 10.1. The van der Waals surface area contributed by atoms with Gasteiger partial charge in [-0.25, -0.2) is 14.8 Å². The minimum absolute atomic E-state index is 0.660. The topological polar surface area (TPSA) is 72.3 Å². The fraction of sp³-hybridized carbons (Fsp3) is 0.133. The monoisotopic (exact) mass is 302 g/mol. The molecular weight excluding hydrogens is 288 g/mol. The lowest BCUT2D eigenvalue weighted by Gasteiger charge is -2.08. The number of rotatable bonds is 6. The molecule has 1 N–H and O–H groups in total. The van der Waals surface area contributed by atoms with Crippen LogP contribution >= 0.6 is 11.8 Å². The van der Waals surface area contributed by atoms with E-state index >= 15 is 0 Å². The summed E-state index contributed by atoms with van der Waals surface area (Å²) in [5.74, 6) is 0.425. The van der Waals surface area contributed by atoms with Gasteiger partial charge < -0.3 is 9.84 Å². The van der Waals surface area contributed by atoms with Gasteiger partial charge in [-0.15, -0.1) is 11.8 Å². The van der Waals surface area contributed by atoms with Crippen molar-refractivity contribution in [3.8, 4) is 5.75 Å². The number of methoxy groups -OCH3 is 1. The number of ether oxygens (including phenoxy) is 1. The molecule has 0 bridgehead atoms. The molecule has 0 aliphatic heterocycles. The largest absolute Gasteiger partial charge is 0.497 e. The summed E-state index contributed by atoms with van der Waals surface area (Å²) >= 11 is 1.55. The molecule has 1 aromatic carbocycles. The first-order valence-corrected chi connectivity index (χ1v) is 7.14. The number of hydrogen-bond donors (Lipinski definition) is 1. The first kappa shape index (κ1) is 15.1. The van der Waals surface area contributed by atoms with Crippen LogP contribution in [0, 0.1) is 0 Å². The van der Waals surface area contributed by atoms with Crippen molar-refractivity contribution in [2.75, 3.05) is 7.11 Å². The highest BCUT2D eigenvalue weighted by Gasteiger charge is 2.05. The molecular formula is C15H14N2O3S. The Hall–Kier alpha value is -2.34. The molecule has 0 fully saturated rings. The van der Waals surface area contributed by atoms with E-state index in [9.17, 15) is 4.79 Å². The van der Waals surface area contributed by atoms with E-state index in [-0.39, 0.29) is 0 Å². The second kappa shape index (κ2) is 7.44. The number of carbonyl (C=O) groups is 1. The summed E-state index contributed by atoms with van der Waals surface area (Å²) in [6.07, 6.45) is 5.89. The predicted molar refractivity (Wildman–Crippen MR) is 81.3 cm³/mol. The average molecular weight is 302 g/mol. The van der Waals surface area contributed by atoms with Gasteiger partial charge in [-0.1, -0.05) is 6.07 Å². The molecule has 0 saturated heterocycles. The molecule has 1 heterocycles. The molecule has 1 aromatic heterocycles. The Kier molecular flexibility index (Phi) is 5.34. The number of carboxylic acids is 1. The number of thioether (sulfide) groups is 1. The van der Waals surface area contributed by atoms with Crippen LogP contribution < -0.4 is 4.74 Å². The van der Waals surface area contributed by atoms with Gasteiger partial charge in [-0.2, -0.15) is 0 Å². The van der Waals surface area contributed by atoms with Crippen molar-refractivity contribution in [2.45, 2.75) is 10.8 Å². The second-order valence-corrected chi connectivity index (χ2v) is 5.07. The van der Waals surface area contributed by atoms with Crippen LogP contribution in [0.1, 0.15) is 11.1 Å². The van der Waals surface area contributed by atoms with Gasteiger partial charge in [0.15, 0.2) is 0 Å². The molecule has 5 nitrogen and oxygen atoms in total. The highest BCUT2D eigenvalue weighted by Crippen LogP contribution is 2.26. The highest BCUT2D eigenvalue weighted by atomic mass is 32.2. The van der Waals surface area contributed by atoms with Gasteiger partial charge in [0, 0.05) is 18.0 Å². The van der Waals surface area contributed by atoms with Crippen molar-refractivity contribution < 1.29 is 14.6 Å². The molecule has 0 radical (unpaired) electrons. The van der Waals surface area contributed by atoms with Gasteiger partial charge >= 0.3 is 5.97 Å². The summed E-state index contributed by atoms with van der Waals surface area (Å²) in [6, 6.07) is 7.38. The molecule has 0 aliphatic carbocycles. The van der Waals surface area contributed by atoms with E-state index in [0.29, 0.717) is 5.75 Å². The summed E-state index contributed by atoms with van der Waals surface area (Å²) in [6.45, 7) is 0. The Morgan fingerprint density at radius 1 is 1.43 bits per heavy atom. The third-order valence-corrected chi connectivity index (χ3v) is 3.68. The number of benzene rings is 1. The van der Waals surface area contributed by atoms with Crippen molar-refractivity contribution in [3.05, 3.63) is 54.0 Å². The molecule has 21 heavy (non-hydrogen) atoms. The van der Waals surface area contributed by atoms with Crippen LogP contribution in [0.4, 0.5) is 0 Å². The molecule has 0 spiro atoms. The maximum atomic E-state index is 10.7. The highest BCUT2D eigenvalue weighted by molar-refractivity contribution is 7.98. The molecule has 0 unspecified atom stereocenters. The van der Waals surface area contributed by atoms with Gasteiger partial charge in [-0.05, 0) is 35.4 Å². The molecule has 0 saturated carbocycles. The summed E-state index contributed by atoms with van der Waals surface area (Å²) < 4.78 is 5.21. The Morgan fingerprint density at radius 2 is 2.29 bits per heavy atom. The Labute approximate surface area is 126 Å². The second-order valence-electron chi connectivity index (χ2n) is 4.07. The molecule has 6 heteroatoms. The van der Waals surface area contributed by atoms with E-state index < -0.39 is 5.97 Å². The van der Waals surface area contributed by atoms with Crippen LogP contribution in [-0.4, -0.2) is 28.2 Å². The predicted octanol–water partition coefficient (Wildman–Crippen LogP) is 2.88. The SMILES string of the molecule is COc1ccc(C=CC(=O)O)c(CSc2ccncn2)c1. The summed E-state index contributed by atoms with van der Waals surface area (Å²) in [5.41, 5.74) is 1.83. The van der Waals surface area contributed by atoms with Crippen molar-refractivity contribution in [1.29, 1.82) is 0 Å². The number of hydrogen-bond acceptors (Lipinski definition) is 5. The minimum atomic E-state index is -0.972. The number of carboxylic acid groups (broad SMARTS) is 1. The van der Waals surface area contributed by atoms with Crippen LogP contribution in [0.25, 0.3) is 6.08 Å². The van der Waals surface area contributed by atoms with Crippen LogP contribution in [-0.2, 0) is 10.5 Å². The van der Waals surface area contributed by atoms with Gasteiger partial charge in [0.1, 0.15) is 12.1 Å². The number of nitrogens with zero attached hydrogens (tertiary/aromatic N) is 2. The van der Waals surface area contributed by atoms with Gasteiger partial charge in [-0.3, -0.25) is 0 Å². The minimum Gasteiger partial charge on any atom is -0.497 e. The summed E-state index contributed by atoms with van der Waals surface area (Å²) in [7, 11) is 1.60. The van der Waals surface area contributed by atoms with Gasteiger partial charge in [0.25, 0.3) is 0 Å². The van der Waals surface area contributed by atoms with Crippen LogP contribution in [0.2, 0.25) is 0 Å². The lowest BCUT2D eigenvalue weighted by Crippen LogP contribution is -1.92. The zero-order valence-electron chi connectivity index (χ0n) is 11.4. The van der Waals surface area contributed by atoms with E-state index in [1.807, 2.05) is 18.2 Å². The van der Waals surface area contributed by atoms with Crippen LogP contribution in [0.3, 0.4) is 0 Å². The van der Waals surface area contributed by atoms with Crippen molar-refractivity contribution in [3.63, 3.8) is 0 Å². The maximum Gasteiger partial charge on any atom is 0.328 e. The first-order valence-electron chi connectivity index (χ1n) is 6.16. The van der Waals surface area contributed by atoms with E-state index in [0.717, 1.165) is 28.0 Å². The third-order valence-electron chi connectivity index (χ3n) is 2.69. The summed E-state index contributed by atoms with van der Waals surface area (Å²) in [5, 5.41) is 9.60. The van der Waals surface area contributed by atoms with E-state index in [2.05, 4.69) is 9.97 Å². The van der Waals surface area contributed by atoms with Gasteiger partial charge in [0.05, 0.1) is 12.1 Å². The summed E-state index contributed by atoms with van der Waals surface area (Å²) in [4.78, 5) is 18.7. The van der Waals surface area contributed by atoms with Gasteiger partial charge in [0.2, 0.25) is 0 Å². The van der Waals surface area contributed by atoms with Crippen molar-refractivity contribution in [1.82, 2.24) is 9.97 Å². The zero-order chi connectivity index (χ0) is 15.1. The average Bonchev–Trinajstić information content (AvgIpc) is 2.52. The normalized spacial score (nSPS) is 10.7. The fourth-order valence-corrected chi connectivity index (χ4v) is 2.51. The zero-order valence-corrected chi connectivity index (χ0v) is 12.2. The smallest absolute Gasteiger partial charge is 0.328 e. The van der Waals surface area contributed by atoms with E-state index in [4.69, 9.17) is 9.84 Å². The standard InChI is InChI=1S/C15H14N2O3S/c1-20-13-4-2-11(3-5-15(18)19)12(8-13)9-21-14-6-7-16-10-17-14/h2-8,10H,9H2,1H3,(H,18,19). The molecule has 0 amide bonds. The third kappa shape index (κ3) is 4.61. The Bertz CT molecular complexity index is 645. The number of aliphatic carboxylic acids is 1. The molecule has 108 valence electrons. The molecule has 0 atom stereocenters. The molecule has 2 aromatic rings. The Morgan fingerprint density at radius 3 is 2.95 bits per heavy atom. The quantitative estimate of drug-likeness (QED) is 0.502. The van der Waals surface area contributed by atoms with Crippen molar-refractivity contribution >= 4 is 23.8 Å². The molecule has 0 aliphatic rings. The Balaban J connectivity index is 2.20. The van der Waals surface area contributed by atoms with Crippen LogP contribution in [0.5, 0.6) is 5.75 Å².